The van der Waals surface area contributed by atoms with E-state index in [9.17, 15) is 0 Å². The van der Waals surface area contributed by atoms with Crippen molar-refractivity contribution in [3.05, 3.63) is 118 Å². The van der Waals surface area contributed by atoms with E-state index >= 15 is 0 Å². The van der Waals surface area contributed by atoms with Crippen LogP contribution in [0.2, 0.25) is 8.35 Å². The third kappa shape index (κ3) is 6.57. The predicted molar refractivity (Wildman–Crippen MR) is 187 cm³/mol. The Morgan fingerprint density at radius 2 is 0.979 bits per heavy atom. The number of hydrogen-bond donors (Lipinski definition) is 0. The van der Waals surface area contributed by atoms with Crippen LogP contribution in [0.5, 0.6) is 11.5 Å². The molecule has 0 bridgehead atoms. The van der Waals surface area contributed by atoms with Gasteiger partial charge in [0.25, 0.3) is 0 Å². The first-order chi connectivity index (χ1) is 22.1. The monoisotopic (exact) mass is 832 g/mol. The van der Waals surface area contributed by atoms with E-state index in [0.29, 0.717) is 7.35 Å². The number of methoxy groups -OCH3 is 2. The Morgan fingerprint density at radius 3 is 1.32 bits per heavy atom. The second kappa shape index (κ2) is 15.3. The first-order valence-electron chi connectivity index (χ1n) is 17.1. The first-order valence-corrected chi connectivity index (χ1v) is 26.3. The number of benzene rings is 4. The van der Waals surface area contributed by atoms with Crippen LogP contribution in [0.25, 0.3) is 34.4 Å². The van der Waals surface area contributed by atoms with E-state index in [1.54, 1.807) is 36.5 Å². The number of allylic oxidation sites excluding steroid dienone is 2. The Hall–Kier alpha value is -2.59. The van der Waals surface area contributed by atoms with Crippen molar-refractivity contribution in [2.75, 3.05) is 14.2 Å². The largest absolute Gasteiger partial charge is 1.00 e. The number of ether oxygens (including phenoxy) is 2. The normalized spacial score (nSPS) is 17.5. The number of halogens is 2. The Bertz CT molecular complexity index is 1630. The van der Waals surface area contributed by atoms with Crippen LogP contribution >= 0.6 is 0 Å². The van der Waals surface area contributed by atoms with Gasteiger partial charge in [0.1, 0.15) is 0 Å². The molecule has 0 aromatic heterocycles. The van der Waals surface area contributed by atoms with Gasteiger partial charge in [-0.3, -0.25) is 0 Å². The maximum absolute atomic E-state index is 5.49. The summed E-state index contributed by atoms with van der Waals surface area (Å²) in [5.41, 5.74) is 15.1. The third-order valence-corrected chi connectivity index (χ3v) is 29.8. The fraction of sp³-hybridized carbons (Fsp3) is 0.333. The van der Waals surface area contributed by atoms with Crippen molar-refractivity contribution in [3.8, 4) is 33.8 Å². The van der Waals surface area contributed by atoms with Gasteiger partial charge in [0, 0.05) is 0 Å². The van der Waals surface area contributed by atoms with Gasteiger partial charge in [-0.15, -0.1) is 0 Å². The van der Waals surface area contributed by atoms with Crippen molar-refractivity contribution in [3.63, 3.8) is 0 Å². The minimum absolute atomic E-state index is 0. The van der Waals surface area contributed by atoms with Gasteiger partial charge in [0.05, 0.1) is 0 Å². The smallest absolute Gasteiger partial charge is 1.00 e. The van der Waals surface area contributed by atoms with E-state index in [1.807, 2.05) is 0 Å². The molecular formula is C42H46Cl2HfO2. The summed E-state index contributed by atoms with van der Waals surface area (Å²) in [6.45, 7) is 4.69. The third-order valence-electron chi connectivity index (χ3n) is 10.7. The first kappa shape index (κ1) is 35.7. The predicted octanol–water partition coefficient (Wildman–Crippen LogP) is 6.01. The summed E-state index contributed by atoms with van der Waals surface area (Å²) in [6.07, 6.45) is 12.8. The zero-order chi connectivity index (χ0) is 31.0. The van der Waals surface area contributed by atoms with Crippen molar-refractivity contribution in [2.24, 2.45) is 0 Å². The molecule has 2 atom stereocenters. The van der Waals surface area contributed by atoms with Gasteiger partial charge in [0.15, 0.2) is 0 Å². The quantitative estimate of drug-likeness (QED) is 0.163. The van der Waals surface area contributed by atoms with Gasteiger partial charge in [0.2, 0.25) is 0 Å². The summed E-state index contributed by atoms with van der Waals surface area (Å²) in [6, 6.07) is 31.7. The molecule has 47 heavy (non-hydrogen) atoms. The molecule has 4 aromatic rings. The molecule has 244 valence electrons. The zero-order valence-electron chi connectivity index (χ0n) is 28.1. The molecule has 0 spiro atoms. The molecule has 7 rings (SSSR count). The standard InChI is InChI=1S/2C20H21O.C2H4.2ClH.Hf/c2*1-3-4-6-15-13-17-7-5-8-19(20(17)14-15)16-9-11-18(21-2)12-10-16;1-2;;;/h2*5,7-14H,3-4,6H2,1-2H3;1-2H2;2*1H;/q;;;;;+2/p-2. The van der Waals surface area contributed by atoms with E-state index in [-0.39, 0.29) is 24.8 Å². The molecule has 1 aliphatic heterocycles. The van der Waals surface area contributed by atoms with Crippen LogP contribution in [-0.4, -0.2) is 14.2 Å². The fourth-order valence-electron chi connectivity index (χ4n) is 8.41. The Kier molecular flexibility index (Phi) is 11.6. The Morgan fingerprint density at radius 1 is 0.574 bits per heavy atom. The van der Waals surface area contributed by atoms with Crippen molar-refractivity contribution >= 4 is 12.2 Å². The topological polar surface area (TPSA) is 18.5 Å². The number of fused-ring (bicyclic) bond motifs is 2. The summed E-state index contributed by atoms with van der Waals surface area (Å²) in [5.74, 6) is 1.83. The number of unbranched alkanes of at least 4 members (excludes halogenated alkanes) is 2. The second-order valence-corrected chi connectivity index (χ2v) is 29.9. The van der Waals surface area contributed by atoms with Gasteiger partial charge in [-0.2, -0.15) is 0 Å². The SMILES string of the molecule is CCCCC1=Cc2c(-c3ccc(OC)cc3)cccc2[CH]1[Hf+2]1([CH]2C(CCCC)=Cc3c(-c4ccc(OC)cc4)cccc32)[CH2][CH2]1.[Cl-].[Cl-]. The van der Waals surface area contributed by atoms with Gasteiger partial charge >= 0.3 is 276 Å². The molecule has 1 heterocycles. The zero-order valence-corrected chi connectivity index (χ0v) is 33.2. The van der Waals surface area contributed by atoms with Crippen LogP contribution in [0.15, 0.2) is 96.1 Å². The van der Waals surface area contributed by atoms with Gasteiger partial charge in [-0.25, -0.2) is 0 Å². The summed E-state index contributed by atoms with van der Waals surface area (Å²) < 4.78 is 15.4. The van der Waals surface area contributed by atoms with E-state index < -0.39 is 20.0 Å². The van der Waals surface area contributed by atoms with Crippen molar-refractivity contribution in [1.82, 2.24) is 0 Å². The summed E-state index contributed by atoms with van der Waals surface area (Å²) in [7, 11) is 3.49. The number of hydrogen-bond acceptors (Lipinski definition) is 2. The minimum atomic E-state index is -2.97. The molecule has 2 unspecified atom stereocenters. The summed E-state index contributed by atoms with van der Waals surface area (Å²) >= 11 is -2.97. The maximum atomic E-state index is 5.49. The van der Waals surface area contributed by atoms with Crippen LogP contribution in [0, 0.1) is 0 Å². The summed E-state index contributed by atoms with van der Waals surface area (Å²) in [5, 5.41) is 0. The molecule has 1 saturated heterocycles. The molecular weight excluding hydrogens is 786 g/mol. The minimum Gasteiger partial charge on any atom is -1.00 e. The van der Waals surface area contributed by atoms with Gasteiger partial charge < -0.3 is 24.8 Å². The van der Waals surface area contributed by atoms with E-state index in [1.165, 1.54) is 80.3 Å². The van der Waals surface area contributed by atoms with Crippen LogP contribution < -0.4 is 34.3 Å². The van der Waals surface area contributed by atoms with Crippen LogP contribution in [0.4, 0.5) is 0 Å². The molecule has 0 N–H and O–H groups in total. The fourth-order valence-corrected chi connectivity index (χ4v) is 36.5. The molecule has 5 heteroatoms. The van der Waals surface area contributed by atoms with Crippen LogP contribution in [0.3, 0.4) is 0 Å². The summed E-state index contributed by atoms with van der Waals surface area (Å²) in [4.78, 5) is 0. The van der Waals surface area contributed by atoms with Crippen molar-refractivity contribution < 1.29 is 54.3 Å². The van der Waals surface area contributed by atoms with Crippen LogP contribution in [0.1, 0.15) is 82.0 Å². The average molecular weight is 832 g/mol. The van der Waals surface area contributed by atoms with Crippen molar-refractivity contribution in [1.29, 1.82) is 0 Å². The maximum Gasteiger partial charge on any atom is -1.00 e. The molecule has 1 fully saturated rings. The van der Waals surface area contributed by atoms with Crippen LogP contribution in [-0.2, 0) is 20.0 Å². The average Bonchev–Trinajstić information content (AvgIpc) is 3.63. The van der Waals surface area contributed by atoms with Crippen molar-refractivity contribution in [2.45, 2.75) is 68.1 Å². The van der Waals surface area contributed by atoms with Gasteiger partial charge in [-0.05, 0) is 0 Å². The Balaban J connectivity index is 0.00000217. The molecule has 0 saturated carbocycles. The van der Waals surface area contributed by atoms with E-state index in [4.69, 9.17) is 9.47 Å². The molecule has 2 aliphatic carbocycles. The molecule has 0 radical (unpaired) electrons. The Labute approximate surface area is 298 Å². The molecule has 0 amide bonds. The molecule has 2 nitrogen and oxygen atoms in total. The van der Waals surface area contributed by atoms with Gasteiger partial charge in [-0.1, -0.05) is 0 Å². The molecule has 3 aliphatic rings. The number of rotatable bonds is 12. The second-order valence-electron chi connectivity index (χ2n) is 13.3. The van der Waals surface area contributed by atoms with E-state index in [0.717, 1.165) is 11.5 Å². The van der Waals surface area contributed by atoms with E-state index in [2.05, 4.69) is 111 Å². The molecule has 4 aromatic carbocycles.